The quantitative estimate of drug-likeness (QED) is 0.254. The number of guanidine groups is 1. The van der Waals surface area contributed by atoms with E-state index in [0.29, 0.717) is 31.2 Å². The molecule has 4 N–H and O–H groups in total. The fourth-order valence-corrected chi connectivity index (χ4v) is 7.27. The van der Waals surface area contributed by atoms with E-state index in [1.54, 1.807) is 7.11 Å². The van der Waals surface area contributed by atoms with Crippen molar-refractivity contribution in [3.05, 3.63) is 35.1 Å². The molecular formula is C27H38N4O4. The normalized spacial score (nSPS) is 31.0. The maximum atomic E-state index is 13.3. The molecule has 190 valence electrons. The molecule has 1 unspecified atom stereocenters. The summed E-state index contributed by atoms with van der Waals surface area (Å²) in [4.78, 5) is 19.8. The van der Waals surface area contributed by atoms with Gasteiger partial charge in [-0.3, -0.25) is 9.79 Å². The Balaban J connectivity index is 1.47. The molecule has 0 saturated carbocycles. The molecule has 8 nitrogen and oxygen atoms in total. The Morgan fingerprint density at radius 1 is 1.37 bits per heavy atom. The SMILES string of the molecule is CCC(CCCN=C(N)N)C(=O)OC1=CC[C@@]2(C)[C@H]3Cc4ccc(OC)c5c4[C@@]2(CCN3C)[C@H]1O5. The number of hydrogen-bond acceptors (Lipinski definition) is 6. The lowest BCUT2D eigenvalue weighted by atomic mass is 9.45. The van der Waals surface area contributed by atoms with Gasteiger partial charge in [0.05, 0.1) is 18.4 Å². The number of likely N-dealkylation sites (N-methyl/N-ethyl adjacent to an activating group) is 1. The minimum absolute atomic E-state index is 0.0183. The Kier molecular flexibility index (Phi) is 5.98. The van der Waals surface area contributed by atoms with Crippen LogP contribution >= 0.6 is 0 Å². The maximum absolute atomic E-state index is 13.3. The molecule has 2 aliphatic heterocycles. The Labute approximate surface area is 207 Å². The Morgan fingerprint density at radius 2 is 2.17 bits per heavy atom. The zero-order valence-corrected chi connectivity index (χ0v) is 21.3. The van der Waals surface area contributed by atoms with Crippen LogP contribution in [0.3, 0.4) is 0 Å². The largest absolute Gasteiger partial charge is 0.493 e. The van der Waals surface area contributed by atoms with Gasteiger partial charge < -0.3 is 30.6 Å². The second-order valence-corrected chi connectivity index (χ2v) is 10.8. The number of esters is 1. The van der Waals surface area contributed by atoms with Gasteiger partial charge in [-0.05, 0) is 69.8 Å². The number of piperidine rings is 1. The molecule has 8 heteroatoms. The van der Waals surface area contributed by atoms with E-state index in [2.05, 4.69) is 36.0 Å². The van der Waals surface area contributed by atoms with E-state index in [9.17, 15) is 4.79 Å². The summed E-state index contributed by atoms with van der Waals surface area (Å²) in [5.41, 5.74) is 13.2. The number of nitrogens with two attached hydrogens (primary N) is 2. The standard InChI is InChI=1S/C27H38N4O4/c1-5-16(7-6-13-30-25(28)29)24(32)34-19-10-11-26(2)20-15-17-8-9-18(33-4)22-21(17)27(26,23(19)35-22)12-14-31(20)3/h8-10,16,20,23H,5-7,11-15H2,1-4H3,(H4,28,29,30)/t16?,20-,23+,26+,27+/m1/s1. The second kappa shape index (κ2) is 8.73. The summed E-state index contributed by atoms with van der Waals surface area (Å²) >= 11 is 0. The first kappa shape index (κ1) is 24.0. The third kappa shape index (κ3) is 3.44. The summed E-state index contributed by atoms with van der Waals surface area (Å²) in [7, 11) is 3.92. The number of rotatable bonds is 8. The van der Waals surface area contributed by atoms with Crippen molar-refractivity contribution in [1.29, 1.82) is 0 Å². The first-order valence-electron chi connectivity index (χ1n) is 12.8. The number of carbonyl (C=O) groups is 1. The number of methoxy groups -OCH3 is 1. The lowest BCUT2D eigenvalue weighted by Gasteiger charge is -2.63. The van der Waals surface area contributed by atoms with Gasteiger partial charge in [0.1, 0.15) is 5.76 Å². The van der Waals surface area contributed by atoms with Crippen molar-refractivity contribution in [2.24, 2.45) is 27.8 Å². The van der Waals surface area contributed by atoms with Gasteiger partial charge in [-0.25, -0.2) is 0 Å². The summed E-state index contributed by atoms with van der Waals surface area (Å²) in [5, 5.41) is 0. The van der Waals surface area contributed by atoms with Crippen LogP contribution in [0.15, 0.2) is 29.0 Å². The average molecular weight is 483 g/mol. The van der Waals surface area contributed by atoms with Gasteiger partial charge in [0.25, 0.3) is 0 Å². The number of aliphatic imine (C=N–C) groups is 1. The predicted molar refractivity (Wildman–Crippen MR) is 134 cm³/mol. The summed E-state index contributed by atoms with van der Waals surface area (Å²) in [6.45, 7) is 5.91. The number of nitrogens with zero attached hydrogens (tertiary/aromatic N) is 2. The van der Waals surface area contributed by atoms with Gasteiger partial charge in [-0.1, -0.05) is 19.9 Å². The first-order valence-corrected chi connectivity index (χ1v) is 12.8. The van der Waals surface area contributed by atoms with Gasteiger partial charge in [0, 0.05) is 23.6 Å². The summed E-state index contributed by atoms with van der Waals surface area (Å²) in [6, 6.07) is 4.62. The topological polar surface area (TPSA) is 112 Å². The zero-order valence-electron chi connectivity index (χ0n) is 21.3. The molecule has 0 aromatic heterocycles. The van der Waals surface area contributed by atoms with Crippen LogP contribution in [0.1, 0.15) is 57.1 Å². The van der Waals surface area contributed by atoms with Crippen molar-refractivity contribution in [2.45, 2.75) is 69.9 Å². The minimum Gasteiger partial charge on any atom is -0.493 e. The van der Waals surface area contributed by atoms with E-state index < -0.39 is 0 Å². The molecule has 2 heterocycles. The van der Waals surface area contributed by atoms with Crippen molar-refractivity contribution in [3.63, 3.8) is 0 Å². The average Bonchev–Trinajstić information content (AvgIpc) is 3.18. The number of carbonyl (C=O) groups excluding carboxylic acids is 1. The molecule has 5 rings (SSSR count). The fourth-order valence-electron chi connectivity index (χ4n) is 7.27. The van der Waals surface area contributed by atoms with Crippen molar-refractivity contribution in [3.8, 4) is 11.5 Å². The van der Waals surface area contributed by atoms with E-state index in [4.69, 9.17) is 25.7 Å². The van der Waals surface area contributed by atoms with Crippen molar-refractivity contribution in [2.75, 3.05) is 27.2 Å². The highest BCUT2D eigenvalue weighted by Gasteiger charge is 2.70. The van der Waals surface area contributed by atoms with Gasteiger partial charge in [-0.15, -0.1) is 0 Å². The van der Waals surface area contributed by atoms with Crippen LogP contribution in [0.2, 0.25) is 0 Å². The molecule has 4 aliphatic rings. The summed E-state index contributed by atoms with van der Waals surface area (Å²) < 4.78 is 18.6. The molecule has 5 atom stereocenters. The van der Waals surface area contributed by atoms with Gasteiger partial charge in [0.15, 0.2) is 23.6 Å². The molecule has 0 radical (unpaired) electrons. The van der Waals surface area contributed by atoms with Gasteiger partial charge >= 0.3 is 5.97 Å². The van der Waals surface area contributed by atoms with Crippen molar-refractivity contribution < 1.29 is 19.0 Å². The van der Waals surface area contributed by atoms with Gasteiger partial charge in [-0.2, -0.15) is 0 Å². The highest BCUT2D eigenvalue weighted by molar-refractivity contribution is 5.76. The van der Waals surface area contributed by atoms with E-state index in [-0.39, 0.29) is 34.8 Å². The maximum Gasteiger partial charge on any atom is 0.314 e. The zero-order chi connectivity index (χ0) is 25.0. The van der Waals surface area contributed by atoms with E-state index >= 15 is 0 Å². The monoisotopic (exact) mass is 482 g/mol. The number of allylic oxidation sites excluding steroid dienone is 1. The predicted octanol–water partition coefficient (Wildman–Crippen LogP) is 2.87. The molecule has 0 amide bonds. The Bertz CT molecular complexity index is 1080. The molecule has 1 spiro atoms. The first-order chi connectivity index (χ1) is 16.8. The molecular weight excluding hydrogens is 444 g/mol. The number of likely N-dealkylation sites (tertiary alicyclic amines) is 1. The van der Waals surface area contributed by atoms with Crippen LogP contribution in [0.4, 0.5) is 0 Å². The molecule has 1 aromatic carbocycles. The van der Waals surface area contributed by atoms with E-state index in [1.807, 2.05) is 13.0 Å². The Hall–Kier alpha value is -2.74. The molecule has 35 heavy (non-hydrogen) atoms. The van der Waals surface area contributed by atoms with E-state index in [1.165, 1.54) is 11.1 Å². The van der Waals surface area contributed by atoms with Crippen LogP contribution in [-0.2, 0) is 21.4 Å². The molecule has 2 aliphatic carbocycles. The highest BCUT2D eigenvalue weighted by atomic mass is 16.6. The smallest absolute Gasteiger partial charge is 0.314 e. The highest BCUT2D eigenvalue weighted by Crippen LogP contribution is 2.68. The molecule has 1 fully saturated rings. The number of benzene rings is 1. The third-order valence-corrected chi connectivity index (χ3v) is 9.15. The van der Waals surface area contributed by atoms with E-state index in [0.717, 1.165) is 43.7 Å². The van der Waals surface area contributed by atoms with Gasteiger partial charge in [0.2, 0.25) is 0 Å². The molecule has 1 saturated heterocycles. The number of hydrogen-bond donors (Lipinski definition) is 2. The lowest BCUT2D eigenvalue weighted by molar-refractivity contribution is -0.150. The van der Waals surface area contributed by atoms with Crippen LogP contribution in [0.5, 0.6) is 11.5 Å². The van der Waals surface area contributed by atoms with Crippen molar-refractivity contribution >= 4 is 11.9 Å². The third-order valence-electron chi connectivity index (χ3n) is 9.15. The lowest BCUT2D eigenvalue weighted by Crippen LogP contribution is -2.69. The van der Waals surface area contributed by atoms with Crippen LogP contribution in [-0.4, -0.2) is 56.2 Å². The molecule has 2 bridgehead atoms. The Morgan fingerprint density at radius 3 is 2.89 bits per heavy atom. The second-order valence-electron chi connectivity index (χ2n) is 10.8. The summed E-state index contributed by atoms with van der Waals surface area (Å²) in [6.07, 6.45) is 6.70. The summed E-state index contributed by atoms with van der Waals surface area (Å²) in [5.74, 6) is 1.91. The van der Waals surface area contributed by atoms with Crippen LogP contribution in [0, 0.1) is 11.3 Å². The molecule has 1 aromatic rings. The van der Waals surface area contributed by atoms with Crippen molar-refractivity contribution in [1.82, 2.24) is 4.90 Å². The van der Waals surface area contributed by atoms with Crippen LogP contribution in [0.25, 0.3) is 0 Å². The minimum atomic E-state index is -0.328. The van der Waals surface area contributed by atoms with Crippen LogP contribution < -0.4 is 20.9 Å². The number of ether oxygens (including phenoxy) is 3. The fraction of sp³-hybridized carbons (Fsp3) is 0.630.